The van der Waals surface area contributed by atoms with Crippen LogP contribution in [0.1, 0.15) is 73.1 Å². The molecule has 0 unspecified atom stereocenters. The highest BCUT2D eigenvalue weighted by atomic mass is 16.2. The molecule has 2 aromatic rings. The minimum absolute atomic E-state index is 0.0951. The van der Waals surface area contributed by atoms with Gasteiger partial charge in [0.05, 0.1) is 5.69 Å². The number of carbonyl (C=O) groups is 2. The lowest BCUT2D eigenvalue weighted by molar-refractivity contribution is -0.121. The van der Waals surface area contributed by atoms with Gasteiger partial charge in [-0.2, -0.15) is 0 Å². The number of aryl methyl sites for hydroxylation is 2. The summed E-state index contributed by atoms with van der Waals surface area (Å²) in [6.07, 6.45) is 10.1. The topological polar surface area (TPSA) is 75.5 Å². The van der Waals surface area contributed by atoms with E-state index in [-0.39, 0.29) is 11.8 Å². The Kier molecular flexibility index (Phi) is 6.48. The monoisotopic (exact) mass is 370 g/mol. The molecule has 2 N–H and O–H groups in total. The summed E-state index contributed by atoms with van der Waals surface area (Å²) < 4.78 is 1.83. The van der Waals surface area contributed by atoms with E-state index in [9.17, 15) is 9.59 Å². The summed E-state index contributed by atoms with van der Waals surface area (Å²) in [5.74, 6) is -0.0486. The molecule has 6 nitrogen and oxygen atoms in total. The molecule has 1 fully saturated rings. The van der Waals surface area contributed by atoms with Crippen molar-refractivity contribution >= 4 is 17.5 Å². The van der Waals surface area contributed by atoms with Crippen molar-refractivity contribution in [2.45, 2.75) is 71.3 Å². The molecule has 0 atom stereocenters. The van der Waals surface area contributed by atoms with Crippen LogP contribution in [0.2, 0.25) is 0 Å². The summed E-state index contributed by atoms with van der Waals surface area (Å²) in [6.45, 7) is 4.31. The van der Waals surface area contributed by atoms with Crippen molar-refractivity contribution in [3.63, 3.8) is 0 Å². The van der Waals surface area contributed by atoms with E-state index < -0.39 is 0 Å². The molecule has 3 rings (SSSR count). The van der Waals surface area contributed by atoms with Gasteiger partial charge in [0, 0.05) is 25.2 Å². The van der Waals surface area contributed by atoms with Crippen molar-refractivity contribution < 1.29 is 9.59 Å². The molecule has 27 heavy (non-hydrogen) atoms. The maximum atomic E-state index is 12.6. The van der Waals surface area contributed by atoms with Gasteiger partial charge < -0.3 is 10.6 Å². The summed E-state index contributed by atoms with van der Waals surface area (Å²) >= 11 is 0. The molecule has 2 amide bonds. The normalized spacial score (nSPS) is 15.5. The maximum absolute atomic E-state index is 12.6. The molecule has 2 aromatic heterocycles. The number of hydrogen-bond donors (Lipinski definition) is 2. The highest BCUT2D eigenvalue weighted by Crippen LogP contribution is 2.17. The molecule has 0 bridgehead atoms. The highest BCUT2D eigenvalue weighted by molar-refractivity contribution is 5.94. The number of carbonyl (C=O) groups excluding carboxylic acids is 2. The van der Waals surface area contributed by atoms with Gasteiger partial charge in [-0.1, -0.05) is 31.7 Å². The van der Waals surface area contributed by atoms with Crippen LogP contribution in [0.4, 0.5) is 0 Å². The van der Waals surface area contributed by atoms with Crippen molar-refractivity contribution in [3.8, 4) is 0 Å². The minimum atomic E-state index is -0.144. The van der Waals surface area contributed by atoms with E-state index in [2.05, 4.69) is 15.6 Å². The minimum Gasteiger partial charge on any atom is -0.353 e. The van der Waals surface area contributed by atoms with Crippen LogP contribution in [0.3, 0.4) is 0 Å². The molecule has 1 aliphatic carbocycles. The first-order valence-electron chi connectivity index (χ1n) is 10.1. The second-order valence-electron chi connectivity index (χ2n) is 7.55. The third-order valence-electron chi connectivity index (χ3n) is 5.32. The predicted molar refractivity (Wildman–Crippen MR) is 106 cm³/mol. The van der Waals surface area contributed by atoms with Crippen LogP contribution in [0.5, 0.6) is 0 Å². The summed E-state index contributed by atoms with van der Waals surface area (Å²) in [5, 5.41) is 6.08. The SMILES string of the molecule is Cc1nc2c(C)cccn2c1C(=O)NCCCC(=O)NC1CCCCCC1. The van der Waals surface area contributed by atoms with E-state index in [1.165, 1.54) is 25.7 Å². The second kappa shape index (κ2) is 9.02. The van der Waals surface area contributed by atoms with Gasteiger partial charge in [0.1, 0.15) is 11.3 Å². The van der Waals surface area contributed by atoms with E-state index in [4.69, 9.17) is 0 Å². The maximum Gasteiger partial charge on any atom is 0.270 e. The molecule has 0 radical (unpaired) electrons. The fourth-order valence-corrected chi connectivity index (χ4v) is 3.85. The fourth-order valence-electron chi connectivity index (χ4n) is 3.85. The molecule has 0 aromatic carbocycles. The summed E-state index contributed by atoms with van der Waals surface area (Å²) in [7, 11) is 0. The molecule has 1 saturated carbocycles. The van der Waals surface area contributed by atoms with Crippen LogP contribution in [0.25, 0.3) is 5.65 Å². The lowest BCUT2D eigenvalue weighted by Crippen LogP contribution is -2.35. The third kappa shape index (κ3) is 4.87. The number of amides is 2. The number of nitrogens with zero attached hydrogens (tertiary/aromatic N) is 2. The van der Waals surface area contributed by atoms with Crippen molar-refractivity contribution in [2.75, 3.05) is 6.54 Å². The smallest absolute Gasteiger partial charge is 0.270 e. The second-order valence-corrected chi connectivity index (χ2v) is 7.55. The van der Waals surface area contributed by atoms with Crippen LogP contribution in [-0.2, 0) is 4.79 Å². The predicted octanol–water partition coefficient (Wildman–Crippen LogP) is 3.30. The van der Waals surface area contributed by atoms with Crippen LogP contribution < -0.4 is 10.6 Å². The first-order chi connectivity index (χ1) is 13.1. The van der Waals surface area contributed by atoms with Crippen molar-refractivity contribution in [1.82, 2.24) is 20.0 Å². The number of imidazole rings is 1. The van der Waals surface area contributed by atoms with Crippen molar-refractivity contribution in [3.05, 3.63) is 35.3 Å². The van der Waals surface area contributed by atoms with Gasteiger partial charge in [-0.05, 0) is 44.7 Å². The molecule has 146 valence electrons. The first-order valence-corrected chi connectivity index (χ1v) is 10.1. The van der Waals surface area contributed by atoms with E-state index >= 15 is 0 Å². The van der Waals surface area contributed by atoms with Crippen LogP contribution in [0.15, 0.2) is 18.3 Å². The van der Waals surface area contributed by atoms with Gasteiger partial charge in [0.2, 0.25) is 5.91 Å². The summed E-state index contributed by atoms with van der Waals surface area (Å²) in [6, 6.07) is 4.23. The van der Waals surface area contributed by atoms with Crippen molar-refractivity contribution in [1.29, 1.82) is 0 Å². The molecular formula is C21H30N4O2. The third-order valence-corrected chi connectivity index (χ3v) is 5.32. The molecule has 6 heteroatoms. The highest BCUT2D eigenvalue weighted by Gasteiger charge is 2.17. The lowest BCUT2D eigenvalue weighted by atomic mass is 10.1. The quantitative estimate of drug-likeness (QED) is 0.605. The van der Waals surface area contributed by atoms with Gasteiger partial charge in [0.15, 0.2) is 0 Å². The largest absolute Gasteiger partial charge is 0.353 e. The Balaban J connectivity index is 1.47. The molecular weight excluding hydrogens is 340 g/mol. The molecule has 0 aliphatic heterocycles. The van der Waals surface area contributed by atoms with E-state index in [0.29, 0.717) is 36.8 Å². The van der Waals surface area contributed by atoms with Gasteiger partial charge in [0.25, 0.3) is 5.91 Å². The molecule has 0 saturated heterocycles. The molecule has 2 heterocycles. The van der Waals surface area contributed by atoms with Gasteiger partial charge >= 0.3 is 0 Å². The summed E-state index contributed by atoms with van der Waals surface area (Å²) in [4.78, 5) is 29.2. The first kappa shape index (κ1) is 19.4. The van der Waals surface area contributed by atoms with Crippen LogP contribution in [0, 0.1) is 13.8 Å². The number of rotatable bonds is 6. The number of nitrogens with one attached hydrogen (secondary N) is 2. The summed E-state index contributed by atoms with van der Waals surface area (Å²) in [5.41, 5.74) is 3.13. The number of hydrogen-bond acceptors (Lipinski definition) is 3. The Hall–Kier alpha value is -2.37. The molecule has 1 aliphatic rings. The van der Waals surface area contributed by atoms with Crippen LogP contribution in [-0.4, -0.2) is 33.8 Å². The Morgan fingerprint density at radius 1 is 1.19 bits per heavy atom. The number of fused-ring (bicyclic) bond motifs is 1. The number of pyridine rings is 1. The van der Waals surface area contributed by atoms with E-state index in [1.54, 1.807) is 0 Å². The van der Waals surface area contributed by atoms with E-state index in [1.807, 2.05) is 36.6 Å². The molecule has 0 spiro atoms. The lowest BCUT2D eigenvalue weighted by Gasteiger charge is -2.16. The Labute approximate surface area is 160 Å². The fraction of sp³-hybridized carbons (Fsp3) is 0.571. The average Bonchev–Trinajstić information content (AvgIpc) is 2.80. The number of aromatic nitrogens is 2. The van der Waals surface area contributed by atoms with E-state index in [0.717, 1.165) is 24.1 Å². The Bertz CT molecular complexity index is 804. The Morgan fingerprint density at radius 3 is 2.67 bits per heavy atom. The van der Waals surface area contributed by atoms with Gasteiger partial charge in [-0.15, -0.1) is 0 Å². The van der Waals surface area contributed by atoms with Gasteiger partial charge in [-0.3, -0.25) is 14.0 Å². The van der Waals surface area contributed by atoms with Crippen molar-refractivity contribution in [2.24, 2.45) is 0 Å². The zero-order chi connectivity index (χ0) is 19.2. The standard InChI is InChI=1S/C21H30N4O2/c1-15-9-8-14-25-19(16(2)23-20(15)25)21(27)22-13-7-12-18(26)24-17-10-5-3-4-6-11-17/h8-9,14,17H,3-7,10-13H2,1-2H3,(H,22,27)(H,24,26). The Morgan fingerprint density at radius 2 is 1.93 bits per heavy atom. The average molecular weight is 370 g/mol. The zero-order valence-electron chi connectivity index (χ0n) is 16.4. The van der Waals surface area contributed by atoms with Gasteiger partial charge in [-0.25, -0.2) is 4.98 Å². The zero-order valence-corrected chi connectivity index (χ0v) is 16.4. The van der Waals surface area contributed by atoms with Crippen LogP contribution >= 0.6 is 0 Å².